The minimum absolute atomic E-state index is 0.333. The predicted octanol–water partition coefficient (Wildman–Crippen LogP) is 0.859. The summed E-state index contributed by atoms with van der Waals surface area (Å²) in [6.45, 7) is 6.81. The van der Waals surface area contributed by atoms with Gasteiger partial charge in [-0.3, -0.25) is 4.68 Å². The van der Waals surface area contributed by atoms with Crippen LogP contribution in [-0.4, -0.2) is 40.6 Å². The zero-order valence-electron chi connectivity index (χ0n) is 10.9. The number of ether oxygens (including phenoxy) is 1. The Labute approximate surface area is 103 Å². The Balaban J connectivity index is 2.11. The lowest BCUT2D eigenvalue weighted by Gasteiger charge is -2.17. The Bertz CT molecular complexity index is 363. The van der Waals surface area contributed by atoms with Crippen LogP contribution in [0.5, 0.6) is 0 Å². The van der Waals surface area contributed by atoms with Crippen molar-refractivity contribution in [3.8, 4) is 0 Å². The molecule has 0 aromatic carbocycles. The molecule has 2 unspecified atom stereocenters. The highest BCUT2D eigenvalue weighted by atomic mass is 16.5. The number of hydrogen-bond donors (Lipinski definition) is 1. The number of hydrogen-bond acceptors (Lipinski definition) is 4. The van der Waals surface area contributed by atoms with Crippen molar-refractivity contribution in [2.75, 3.05) is 19.8 Å². The Morgan fingerprint density at radius 1 is 1.41 bits per heavy atom. The molecule has 0 saturated carbocycles. The van der Waals surface area contributed by atoms with Crippen molar-refractivity contribution in [3.63, 3.8) is 0 Å². The van der Waals surface area contributed by atoms with Gasteiger partial charge in [0.25, 0.3) is 0 Å². The summed E-state index contributed by atoms with van der Waals surface area (Å²) in [5.41, 5.74) is 0. The molecule has 1 aliphatic heterocycles. The highest BCUT2D eigenvalue weighted by Gasteiger charge is 2.32. The Hall–Kier alpha value is -0.940. The molecule has 0 spiro atoms. The van der Waals surface area contributed by atoms with E-state index >= 15 is 0 Å². The quantitative estimate of drug-likeness (QED) is 0.826. The maximum absolute atomic E-state index is 5.58. The van der Waals surface area contributed by atoms with Crippen LogP contribution in [0.4, 0.5) is 0 Å². The first kappa shape index (κ1) is 12.5. The van der Waals surface area contributed by atoms with Gasteiger partial charge in [-0.05, 0) is 13.0 Å². The Morgan fingerprint density at radius 2 is 2.24 bits per heavy atom. The van der Waals surface area contributed by atoms with E-state index in [1.807, 2.05) is 11.7 Å². The molecule has 0 amide bonds. The lowest BCUT2D eigenvalue weighted by atomic mass is 10.0. The standard InChI is InChI=1S/C12H22N4O/c1-4-6-13-10-8-17-7-9(10)12-14-11(5-2)15-16(12)3/h9-10,13H,4-8H2,1-3H3. The Morgan fingerprint density at radius 3 is 2.88 bits per heavy atom. The lowest BCUT2D eigenvalue weighted by molar-refractivity contribution is 0.187. The van der Waals surface area contributed by atoms with Crippen molar-refractivity contribution in [2.24, 2.45) is 7.05 Å². The monoisotopic (exact) mass is 238 g/mol. The first-order valence-electron chi connectivity index (χ1n) is 6.47. The van der Waals surface area contributed by atoms with E-state index in [2.05, 4.69) is 29.2 Å². The first-order valence-corrected chi connectivity index (χ1v) is 6.47. The number of nitrogens with zero attached hydrogens (tertiary/aromatic N) is 3. The third kappa shape index (κ3) is 2.66. The van der Waals surface area contributed by atoms with Gasteiger partial charge in [0.15, 0.2) is 5.82 Å². The Kier molecular flexibility index (Phi) is 4.12. The van der Waals surface area contributed by atoms with E-state index in [0.29, 0.717) is 12.0 Å². The van der Waals surface area contributed by atoms with Crippen LogP contribution in [-0.2, 0) is 18.2 Å². The van der Waals surface area contributed by atoms with Gasteiger partial charge in [-0.1, -0.05) is 13.8 Å². The molecule has 2 heterocycles. The van der Waals surface area contributed by atoms with Crippen LogP contribution in [0.3, 0.4) is 0 Å². The zero-order valence-corrected chi connectivity index (χ0v) is 10.9. The summed E-state index contributed by atoms with van der Waals surface area (Å²) >= 11 is 0. The number of rotatable bonds is 5. The van der Waals surface area contributed by atoms with Crippen LogP contribution in [0.25, 0.3) is 0 Å². The van der Waals surface area contributed by atoms with Crippen LogP contribution < -0.4 is 5.32 Å². The molecule has 0 radical (unpaired) electrons. The molecule has 5 nitrogen and oxygen atoms in total. The molecule has 96 valence electrons. The molecule has 1 N–H and O–H groups in total. The van der Waals surface area contributed by atoms with E-state index in [4.69, 9.17) is 4.74 Å². The van der Waals surface area contributed by atoms with E-state index in [0.717, 1.165) is 44.2 Å². The van der Waals surface area contributed by atoms with Gasteiger partial charge in [0.05, 0.1) is 19.1 Å². The zero-order chi connectivity index (χ0) is 12.3. The van der Waals surface area contributed by atoms with Crippen molar-refractivity contribution in [3.05, 3.63) is 11.6 Å². The van der Waals surface area contributed by atoms with Gasteiger partial charge < -0.3 is 10.1 Å². The number of aryl methyl sites for hydroxylation is 2. The van der Waals surface area contributed by atoms with Gasteiger partial charge in [0, 0.05) is 19.5 Å². The molecule has 1 aromatic rings. The van der Waals surface area contributed by atoms with E-state index in [-0.39, 0.29) is 0 Å². The second-order valence-corrected chi connectivity index (χ2v) is 4.57. The minimum Gasteiger partial charge on any atom is -0.379 e. The highest BCUT2D eigenvalue weighted by Crippen LogP contribution is 2.24. The van der Waals surface area contributed by atoms with Crippen molar-refractivity contribution in [2.45, 2.75) is 38.6 Å². The fourth-order valence-electron chi connectivity index (χ4n) is 2.26. The van der Waals surface area contributed by atoms with Crippen LogP contribution in [0, 0.1) is 0 Å². The molecule has 2 rings (SSSR count). The second kappa shape index (κ2) is 5.60. The lowest BCUT2D eigenvalue weighted by Crippen LogP contribution is -2.35. The van der Waals surface area contributed by atoms with Gasteiger partial charge in [-0.2, -0.15) is 5.10 Å². The summed E-state index contributed by atoms with van der Waals surface area (Å²) < 4.78 is 7.48. The molecule has 1 saturated heterocycles. The number of aromatic nitrogens is 3. The maximum Gasteiger partial charge on any atom is 0.150 e. The first-order chi connectivity index (χ1) is 8.26. The smallest absolute Gasteiger partial charge is 0.150 e. The van der Waals surface area contributed by atoms with Gasteiger partial charge in [0.1, 0.15) is 5.82 Å². The van der Waals surface area contributed by atoms with Gasteiger partial charge in [-0.15, -0.1) is 0 Å². The molecule has 0 bridgehead atoms. The minimum atomic E-state index is 0.333. The van der Waals surface area contributed by atoms with Gasteiger partial charge in [0.2, 0.25) is 0 Å². The van der Waals surface area contributed by atoms with E-state index < -0.39 is 0 Å². The predicted molar refractivity (Wildman–Crippen MR) is 66.0 cm³/mol. The largest absolute Gasteiger partial charge is 0.379 e. The van der Waals surface area contributed by atoms with Crippen LogP contribution >= 0.6 is 0 Å². The van der Waals surface area contributed by atoms with Crippen LogP contribution in [0.15, 0.2) is 0 Å². The molecule has 1 aliphatic rings. The van der Waals surface area contributed by atoms with Crippen LogP contribution in [0.1, 0.15) is 37.8 Å². The summed E-state index contributed by atoms with van der Waals surface area (Å²) in [7, 11) is 1.97. The maximum atomic E-state index is 5.58. The molecule has 17 heavy (non-hydrogen) atoms. The molecular formula is C12H22N4O. The third-order valence-corrected chi connectivity index (χ3v) is 3.23. The second-order valence-electron chi connectivity index (χ2n) is 4.57. The van der Waals surface area contributed by atoms with Gasteiger partial charge >= 0.3 is 0 Å². The summed E-state index contributed by atoms with van der Waals surface area (Å²) in [5.74, 6) is 2.30. The summed E-state index contributed by atoms with van der Waals surface area (Å²) in [4.78, 5) is 4.60. The fraction of sp³-hybridized carbons (Fsp3) is 0.833. The molecular weight excluding hydrogens is 216 g/mol. The summed E-state index contributed by atoms with van der Waals surface area (Å²) in [6.07, 6.45) is 2.02. The molecule has 1 fully saturated rings. The van der Waals surface area contributed by atoms with Gasteiger partial charge in [-0.25, -0.2) is 4.98 Å². The normalized spacial score (nSPS) is 24.4. The van der Waals surface area contributed by atoms with E-state index in [1.165, 1.54) is 0 Å². The SMILES string of the molecule is CCCNC1COCC1c1nc(CC)nn1C. The molecule has 2 atom stereocenters. The summed E-state index contributed by atoms with van der Waals surface area (Å²) in [5, 5.41) is 7.94. The van der Waals surface area contributed by atoms with Crippen molar-refractivity contribution >= 4 is 0 Å². The van der Waals surface area contributed by atoms with E-state index in [9.17, 15) is 0 Å². The average Bonchev–Trinajstić information content (AvgIpc) is 2.92. The molecule has 0 aliphatic carbocycles. The molecule has 1 aromatic heterocycles. The van der Waals surface area contributed by atoms with Crippen molar-refractivity contribution < 1.29 is 4.74 Å². The summed E-state index contributed by atoms with van der Waals surface area (Å²) in [6, 6.07) is 0.377. The number of nitrogens with one attached hydrogen (secondary N) is 1. The topological polar surface area (TPSA) is 52.0 Å². The third-order valence-electron chi connectivity index (χ3n) is 3.23. The molecule has 5 heteroatoms. The highest BCUT2D eigenvalue weighted by molar-refractivity contribution is 5.07. The van der Waals surface area contributed by atoms with Crippen LogP contribution in [0.2, 0.25) is 0 Å². The fourth-order valence-corrected chi connectivity index (χ4v) is 2.26. The van der Waals surface area contributed by atoms with E-state index in [1.54, 1.807) is 0 Å². The van der Waals surface area contributed by atoms with Crippen molar-refractivity contribution in [1.82, 2.24) is 20.1 Å². The average molecular weight is 238 g/mol. The van der Waals surface area contributed by atoms with Crippen molar-refractivity contribution in [1.29, 1.82) is 0 Å².